The Kier molecular flexibility index (Phi) is 3.53. The van der Waals surface area contributed by atoms with Gasteiger partial charge in [0.25, 0.3) is 0 Å². The molecule has 2 saturated heterocycles. The van der Waals surface area contributed by atoms with Crippen LogP contribution in [0.2, 0.25) is 0 Å². The monoisotopic (exact) mass is 312 g/mol. The van der Waals surface area contributed by atoms with E-state index >= 15 is 0 Å². The lowest BCUT2D eigenvalue weighted by atomic mass is 9.89. The zero-order valence-corrected chi connectivity index (χ0v) is 12.9. The molecule has 2 fully saturated rings. The molecule has 1 aromatic carbocycles. The maximum absolute atomic E-state index is 11.7. The number of benzene rings is 1. The highest BCUT2D eigenvalue weighted by Crippen LogP contribution is 2.32. The third-order valence-corrected chi connectivity index (χ3v) is 4.80. The van der Waals surface area contributed by atoms with E-state index in [-0.39, 0.29) is 18.5 Å². The van der Waals surface area contributed by atoms with E-state index in [9.17, 15) is 9.59 Å². The fraction of sp³-hybridized carbons (Fsp3) is 0.412. The van der Waals surface area contributed by atoms with E-state index in [1.165, 1.54) is 10.9 Å². The number of nitrogens with zero attached hydrogens (tertiary/aromatic N) is 1. The number of urea groups is 1. The van der Waals surface area contributed by atoms with Crippen LogP contribution in [0.3, 0.4) is 0 Å². The van der Waals surface area contributed by atoms with Crippen molar-refractivity contribution >= 4 is 22.8 Å². The highest BCUT2D eigenvalue weighted by Gasteiger charge is 2.26. The van der Waals surface area contributed by atoms with E-state index in [2.05, 4.69) is 33.9 Å². The van der Waals surface area contributed by atoms with Gasteiger partial charge in [-0.1, -0.05) is 6.07 Å². The first kappa shape index (κ1) is 14.3. The lowest BCUT2D eigenvalue weighted by molar-refractivity contribution is -0.118. The summed E-state index contributed by atoms with van der Waals surface area (Å²) < 4.78 is 0. The van der Waals surface area contributed by atoms with E-state index in [0.717, 1.165) is 37.0 Å². The minimum absolute atomic E-state index is 0.144. The largest absolute Gasteiger partial charge is 0.361 e. The molecule has 2 aliphatic heterocycles. The van der Waals surface area contributed by atoms with Crippen molar-refractivity contribution in [1.82, 2.24) is 20.5 Å². The summed E-state index contributed by atoms with van der Waals surface area (Å²) in [6, 6.07) is 5.92. The molecule has 6 heteroatoms. The molecule has 120 valence electrons. The second-order valence-corrected chi connectivity index (χ2v) is 6.36. The van der Waals surface area contributed by atoms with Gasteiger partial charge in [-0.2, -0.15) is 0 Å². The first-order valence-corrected chi connectivity index (χ1v) is 8.10. The van der Waals surface area contributed by atoms with Crippen molar-refractivity contribution in [1.29, 1.82) is 0 Å². The van der Waals surface area contributed by atoms with E-state index in [4.69, 9.17) is 0 Å². The van der Waals surface area contributed by atoms with Gasteiger partial charge in [0.1, 0.15) is 6.54 Å². The first-order valence-electron chi connectivity index (χ1n) is 8.10. The second kappa shape index (κ2) is 5.70. The number of aromatic amines is 1. The zero-order valence-electron chi connectivity index (χ0n) is 12.9. The van der Waals surface area contributed by atoms with Gasteiger partial charge >= 0.3 is 6.03 Å². The molecular weight excluding hydrogens is 292 g/mol. The topological polar surface area (TPSA) is 77.2 Å². The van der Waals surface area contributed by atoms with Crippen LogP contribution < -0.4 is 10.6 Å². The van der Waals surface area contributed by atoms with Crippen LogP contribution in [0.4, 0.5) is 4.79 Å². The number of carbonyl (C=O) groups excluding carboxylic acids is 2. The first-order chi connectivity index (χ1) is 11.2. The summed E-state index contributed by atoms with van der Waals surface area (Å²) in [4.78, 5) is 27.9. The number of nitrogens with one attached hydrogen (secondary N) is 3. The lowest BCUT2D eigenvalue weighted by Gasteiger charge is -2.22. The van der Waals surface area contributed by atoms with Crippen LogP contribution in [-0.2, 0) is 11.3 Å². The molecule has 0 saturated carbocycles. The number of fused-ring (bicyclic) bond motifs is 1. The Morgan fingerprint density at radius 1 is 1.17 bits per heavy atom. The predicted molar refractivity (Wildman–Crippen MR) is 87.1 cm³/mol. The van der Waals surface area contributed by atoms with Crippen LogP contribution in [0.1, 0.15) is 29.9 Å². The minimum Gasteiger partial charge on any atom is -0.361 e. The van der Waals surface area contributed by atoms with Crippen molar-refractivity contribution in [3.05, 3.63) is 35.5 Å². The molecule has 23 heavy (non-hydrogen) atoms. The van der Waals surface area contributed by atoms with Crippen LogP contribution in [0.15, 0.2) is 24.4 Å². The van der Waals surface area contributed by atoms with Crippen molar-refractivity contribution in [3.8, 4) is 0 Å². The molecule has 0 unspecified atom stereocenters. The Bertz CT molecular complexity index is 761. The van der Waals surface area contributed by atoms with Gasteiger partial charge in [0.2, 0.25) is 5.91 Å². The summed E-state index contributed by atoms with van der Waals surface area (Å²) in [7, 11) is 0. The van der Waals surface area contributed by atoms with E-state index in [0.29, 0.717) is 12.5 Å². The average molecular weight is 312 g/mol. The highest BCUT2D eigenvalue weighted by molar-refractivity contribution is 6.01. The van der Waals surface area contributed by atoms with Crippen LogP contribution in [0.25, 0.3) is 10.9 Å². The normalized spacial score (nSPS) is 19.6. The predicted octanol–water partition coefficient (Wildman–Crippen LogP) is 1.69. The number of H-pyrrole nitrogens is 1. The maximum Gasteiger partial charge on any atom is 0.324 e. The molecule has 3 heterocycles. The summed E-state index contributed by atoms with van der Waals surface area (Å²) in [5, 5.41) is 6.95. The quantitative estimate of drug-likeness (QED) is 0.755. The second-order valence-electron chi connectivity index (χ2n) is 6.36. The number of piperidine rings is 1. The van der Waals surface area contributed by atoms with Crippen LogP contribution >= 0.6 is 0 Å². The summed E-state index contributed by atoms with van der Waals surface area (Å²) in [6.07, 6.45) is 4.43. The highest BCUT2D eigenvalue weighted by atomic mass is 16.2. The number of aromatic nitrogens is 1. The molecule has 0 bridgehead atoms. The SMILES string of the molecule is O=C1CN(Cc2ccc3[nH]cc(C4CCNCC4)c3c2)C(=O)N1. The molecule has 3 N–H and O–H groups in total. The molecule has 0 aliphatic carbocycles. The molecule has 0 spiro atoms. The van der Waals surface area contributed by atoms with Gasteiger partial charge in [-0.3, -0.25) is 10.1 Å². The van der Waals surface area contributed by atoms with Gasteiger partial charge in [-0.05, 0) is 55.1 Å². The Morgan fingerprint density at radius 2 is 2.00 bits per heavy atom. The number of carbonyl (C=O) groups is 2. The molecule has 0 atom stereocenters. The van der Waals surface area contributed by atoms with Crippen molar-refractivity contribution < 1.29 is 9.59 Å². The number of hydrogen-bond donors (Lipinski definition) is 3. The standard InChI is InChI=1S/C17H20N4O2/c22-16-10-21(17(23)20-16)9-11-1-2-15-13(7-11)14(8-19-15)12-3-5-18-6-4-12/h1-2,7-8,12,18-19H,3-6,9-10H2,(H,20,22,23). The van der Waals surface area contributed by atoms with Crippen LogP contribution in [0.5, 0.6) is 0 Å². The number of rotatable bonds is 3. The van der Waals surface area contributed by atoms with Crippen molar-refractivity contribution in [2.45, 2.75) is 25.3 Å². The summed E-state index contributed by atoms with van der Waals surface area (Å²) in [5.74, 6) is 0.352. The molecule has 0 radical (unpaired) electrons. The Hall–Kier alpha value is -2.34. The fourth-order valence-corrected chi connectivity index (χ4v) is 3.59. The van der Waals surface area contributed by atoms with E-state index in [1.807, 2.05) is 6.07 Å². The van der Waals surface area contributed by atoms with Gasteiger partial charge in [0.15, 0.2) is 0 Å². The molecule has 6 nitrogen and oxygen atoms in total. The average Bonchev–Trinajstić information content (AvgIpc) is 3.11. The van der Waals surface area contributed by atoms with Gasteiger partial charge in [-0.25, -0.2) is 4.79 Å². The molecule has 2 aromatic rings. The van der Waals surface area contributed by atoms with Gasteiger partial charge in [0, 0.05) is 23.6 Å². The van der Waals surface area contributed by atoms with Crippen molar-refractivity contribution in [2.24, 2.45) is 0 Å². The summed E-state index contributed by atoms with van der Waals surface area (Å²) in [5.41, 5.74) is 3.55. The smallest absolute Gasteiger partial charge is 0.324 e. The number of amides is 3. The van der Waals surface area contributed by atoms with Gasteiger partial charge in [-0.15, -0.1) is 0 Å². The lowest BCUT2D eigenvalue weighted by Crippen LogP contribution is -2.27. The number of imide groups is 1. The third-order valence-electron chi connectivity index (χ3n) is 4.80. The van der Waals surface area contributed by atoms with Crippen molar-refractivity contribution in [2.75, 3.05) is 19.6 Å². The molecular formula is C17H20N4O2. The Labute approximate surface area is 134 Å². The summed E-state index contributed by atoms with van der Waals surface area (Å²) in [6.45, 7) is 2.73. The van der Waals surface area contributed by atoms with Crippen molar-refractivity contribution in [3.63, 3.8) is 0 Å². The molecule has 4 rings (SSSR count). The third kappa shape index (κ3) is 2.70. The number of hydrogen-bond acceptors (Lipinski definition) is 3. The minimum atomic E-state index is -0.303. The van der Waals surface area contributed by atoms with Gasteiger partial charge < -0.3 is 15.2 Å². The molecule has 3 amide bonds. The van der Waals surface area contributed by atoms with Crippen LogP contribution in [-0.4, -0.2) is 41.5 Å². The maximum atomic E-state index is 11.7. The Balaban J connectivity index is 1.61. The van der Waals surface area contributed by atoms with Gasteiger partial charge in [0.05, 0.1) is 0 Å². The zero-order chi connectivity index (χ0) is 15.8. The van der Waals surface area contributed by atoms with E-state index < -0.39 is 0 Å². The molecule has 2 aliphatic rings. The Morgan fingerprint density at radius 3 is 2.74 bits per heavy atom. The fourth-order valence-electron chi connectivity index (χ4n) is 3.59. The summed E-state index contributed by atoms with van der Waals surface area (Å²) >= 11 is 0. The van der Waals surface area contributed by atoms with E-state index in [1.54, 1.807) is 4.90 Å². The molecule has 1 aromatic heterocycles. The van der Waals surface area contributed by atoms with Crippen LogP contribution in [0, 0.1) is 0 Å².